The van der Waals surface area contributed by atoms with Crippen LogP contribution >= 0.6 is 0 Å². The average Bonchev–Trinajstić information content (AvgIpc) is 3.34. The fraction of sp³-hybridized carbons (Fsp3) is 0.800. The van der Waals surface area contributed by atoms with Crippen molar-refractivity contribution < 1.29 is 19.1 Å². The molecule has 1 aliphatic heterocycles. The molecule has 2 saturated carbocycles. The fourth-order valence-electron chi connectivity index (χ4n) is 4.62. The summed E-state index contributed by atoms with van der Waals surface area (Å²) in [5.41, 5.74) is 0.932. The van der Waals surface area contributed by atoms with E-state index >= 15 is 0 Å². The van der Waals surface area contributed by atoms with E-state index < -0.39 is 0 Å². The van der Waals surface area contributed by atoms with Crippen molar-refractivity contribution in [1.82, 2.24) is 9.80 Å². The van der Waals surface area contributed by atoms with Gasteiger partial charge in [-0.1, -0.05) is 25.7 Å². The monoisotopic (exact) mass is 364 g/mol. The topological polar surface area (TPSA) is 59.1 Å². The molecule has 6 nitrogen and oxygen atoms in total. The molecule has 0 saturated heterocycles. The summed E-state index contributed by atoms with van der Waals surface area (Å²) in [5.74, 6) is -0.755. The van der Waals surface area contributed by atoms with E-state index in [0.29, 0.717) is 49.8 Å². The lowest BCUT2D eigenvalue weighted by atomic mass is 10.0. The van der Waals surface area contributed by atoms with Crippen molar-refractivity contribution in [1.29, 1.82) is 0 Å². The van der Waals surface area contributed by atoms with Gasteiger partial charge in [-0.25, -0.2) is 9.59 Å². The van der Waals surface area contributed by atoms with Crippen molar-refractivity contribution >= 4 is 11.9 Å². The zero-order valence-electron chi connectivity index (χ0n) is 16.2. The van der Waals surface area contributed by atoms with Crippen molar-refractivity contribution in [3.8, 4) is 0 Å². The van der Waals surface area contributed by atoms with E-state index in [2.05, 4.69) is 9.80 Å². The normalized spacial score (nSPS) is 22.9. The Labute approximate surface area is 156 Å². The summed E-state index contributed by atoms with van der Waals surface area (Å²) >= 11 is 0. The van der Waals surface area contributed by atoms with Crippen LogP contribution in [-0.2, 0) is 19.1 Å². The highest BCUT2D eigenvalue weighted by Gasteiger charge is 2.40. The van der Waals surface area contributed by atoms with Crippen LogP contribution in [0.1, 0.15) is 65.2 Å². The first-order chi connectivity index (χ1) is 12.7. The summed E-state index contributed by atoms with van der Waals surface area (Å²) in [5, 5.41) is 0. The maximum Gasteiger partial charge on any atom is 0.355 e. The summed E-state index contributed by atoms with van der Waals surface area (Å²) in [6.07, 6.45) is 9.31. The lowest BCUT2D eigenvalue weighted by molar-refractivity contribution is -0.145. The van der Waals surface area contributed by atoms with Crippen LogP contribution in [0.25, 0.3) is 0 Å². The minimum Gasteiger partial charge on any atom is -0.463 e. The van der Waals surface area contributed by atoms with Crippen LogP contribution in [0.15, 0.2) is 11.3 Å². The number of ether oxygens (including phenoxy) is 2. The molecule has 0 radical (unpaired) electrons. The second-order valence-corrected chi connectivity index (χ2v) is 7.50. The zero-order valence-corrected chi connectivity index (χ0v) is 16.2. The molecule has 2 aliphatic carbocycles. The van der Waals surface area contributed by atoms with Gasteiger partial charge in [0.25, 0.3) is 0 Å². The van der Waals surface area contributed by atoms with Crippen LogP contribution < -0.4 is 0 Å². The Balaban J connectivity index is 1.96. The molecule has 146 valence electrons. The molecule has 0 aromatic rings. The summed E-state index contributed by atoms with van der Waals surface area (Å²) in [6.45, 7) is 5.42. The number of carbonyl (C=O) groups excluding carboxylic acids is 2. The van der Waals surface area contributed by atoms with Gasteiger partial charge in [0.05, 0.1) is 25.5 Å². The van der Waals surface area contributed by atoms with Crippen LogP contribution in [0.3, 0.4) is 0 Å². The highest BCUT2D eigenvalue weighted by atomic mass is 16.5. The maximum absolute atomic E-state index is 12.8. The molecule has 0 bridgehead atoms. The van der Waals surface area contributed by atoms with Gasteiger partial charge in [0, 0.05) is 18.6 Å². The van der Waals surface area contributed by atoms with E-state index in [1.54, 1.807) is 13.8 Å². The van der Waals surface area contributed by atoms with Gasteiger partial charge in [-0.05, 0) is 39.5 Å². The zero-order chi connectivity index (χ0) is 18.5. The molecule has 0 spiro atoms. The Kier molecular flexibility index (Phi) is 6.57. The van der Waals surface area contributed by atoms with Gasteiger partial charge in [0.15, 0.2) is 0 Å². The van der Waals surface area contributed by atoms with E-state index in [0.717, 1.165) is 12.8 Å². The molecule has 0 amide bonds. The fourth-order valence-corrected chi connectivity index (χ4v) is 4.62. The first kappa shape index (κ1) is 19.2. The van der Waals surface area contributed by atoms with Crippen LogP contribution in [0, 0.1) is 0 Å². The van der Waals surface area contributed by atoms with Gasteiger partial charge in [-0.3, -0.25) is 4.90 Å². The van der Waals surface area contributed by atoms with Crippen LogP contribution in [0.5, 0.6) is 0 Å². The highest BCUT2D eigenvalue weighted by Crippen LogP contribution is 2.34. The minimum absolute atomic E-state index is 0.308. The summed E-state index contributed by atoms with van der Waals surface area (Å²) in [4.78, 5) is 30.0. The number of carbonyl (C=O) groups is 2. The van der Waals surface area contributed by atoms with Crippen molar-refractivity contribution in [3.63, 3.8) is 0 Å². The first-order valence-electron chi connectivity index (χ1n) is 10.2. The number of rotatable bonds is 6. The SMILES string of the molecule is CCOC(=O)C1=C(C(=O)OCC)N(C2CCCC2)CN(C2CCCC2)C1. The molecular formula is C20H32N2O4. The molecule has 0 unspecified atom stereocenters. The van der Waals surface area contributed by atoms with Gasteiger partial charge in [0.1, 0.15) is 5.70 Å². The smallest absolute Gasteiger partial charge is 0.355 e. The lowest BCUT2D eigenvalue weighted by Gasteiger charge is -2.43. The van der Waals surface area contributed by atoms with Gasteiger partial charge in [-0.15, -0.1) is 0 Å². The predicted molar refractivity (Wildman–Crippen MR) is 98.2 cm³/mol. The van der Waals surface area contributed by atoms with E-state index in [1.165, 1.54) is 38.5 Å². The molecule has 26 heavy (non-hydrogen) atoms. The molecular weight excluding hydrogens is 332 g/mol. The van der Waals surface area contributed by atoms with E-state index in [4.69, 9.17) is 9.47 Å². The van der Waals surface area contributed by atoms with Crippen LogP contribution in [-0.4, -0.2) is 60.2 Å². The summed E-state index contributed by atoms with van der Waals surface area (Å²) < 4.78 is 10.6. The lowest BCUT2D eigenvalue weighted by Crippen LogP contribution is -2.53. The number of nitrogens with zero attached hydrogens (tertiary/aromatic N) is 2. The Bertz CT molecular complexity index is 548. The third-order valence-corrected chi connectivity index (χ3v) is 5.87. The van der Waals surface area contributed by atoms with Gasteiger partial charge in [-0.2, -0.15) is 0 Å². The average molecular weight is 364 g/mol. The Morgan fingerprint density at radius 2 is 1.42 bits per heavy atom. The van der Waals surface area contributed by atoms with Crippen molar-refractivity contribution in [3.05, 3.63) is 11.3 Å². The molecule has 6 heteroatoms. The van der Waals surface area contributed by atoms with Gasteiger partial charge in [0.2, 0.25) is 0 Å². The third-order valence-electron chi connectivity index (χ3n) is 5.87. The van der Waals surface area contributed by atoms with E-state index in [1.807, 2.05) is 0 Å². The van der Waals surface area contributed by atoms with Crippen molar-refractivity contribution in [2.24, 2.45) is 0 Å². The van der Waals surface area contributed by atoms with Gasteiger partial charge < -0.3 is 14.4 Å². The Morgan fingerprint density at radius 3 is 2.00 bits per heavy atom. The minimum atomic E-state index is -0.381. The van der Waals surface area contributed by atoms with Gasteiger partial charge >= 0.3 is 11.9 Å². The molecule has 3 rings (SSSR count). The van der Waals surface area contributed by atoms with Crippen LogP contribution in [0.4, 0.5) is 0 Å². The molecule has 0 atom stereocenters. The number of hydrogen-bond donors (Lipinski definition) is 0. The molecule has 3 aliphatic rings. The second kappa shape index (κ2) is 8.89. The Morgan fingerprint density at radius 1 is 0.885 bits per heavy atom. The van der Waals surface area contributed by atoms with Crippen LogP contribution in [0.2, 0.25) is 0 Å². The van der Waals surface area contributed by atoms with E-state index in [-0.39, 0.29) is 11.9 Å². The number of hydrogen-bond acceptors (Lipinski definition) is 6. The summed E-state index contributed by atoms with van der Waals surface area (Å²) in [7, 11) is 0. The predicted octanol–water partition coefficient (Wildman–Crippen LogP) is 2.83. The van der Waals surface area contributed by atoms with Crippen molar-refractivity contribution in [2.45, 2.75) is 77.3 Å². The third kappa shape index (κ3) is 4.05. The molecule has 1 heterocycles. The quantitative estimate of drug-likeness (QED) is 0.676. The molecule has 0 aromatic heterocycles. The highest BCUT2D eigenvalue weighted by molar-refractivity contribution is 6.00. The second-order valence-electron chi connectivity index (χ2n) is 7.50. The van der Waals surface area contributed by atoms with Crippen molar-refractivity contribution in [2.75, 3.05) is 26.4 Å². The molecule has 0 N–H and O–H groups in total. The number of esters is 2. The standard InChI is InChI=1S/C20H32N2O4/c1-3-25-19(23)17-13-21(15-9-5-6-10-15)14-22(16-11-7-8-12-16)18(17)20(24)26-4-2/h15-16H,3-14H2,1-2H3. The summed E-state index contributed by atoms with van der Waals surface area (Å²) in [6, 6.07) is 0.801. The molecule has 0 aromatic carbocycles. The molecule has 2 fully saturated rings. The first-order valence-corrected chi connectivity index (χ1v) is 10.2. The largest absolute Gasteiger partial charge is 0.463 e. The van der Waals surface area contributed by atoms with E-state index in [9.17, 15) is 9.59 Å². The maximum atomic E-state index is 12.8. The Hall–Kier alpha value is -1.56.